The Balaban J connectivity index is 2.88. The monoisotopic (exact) mass is 239 g/mol. The van der Waals surface area contributed by atoms with Crippen LogP contribution in [0, 0.1) is 5.82 Å². The van der Waals surface area contributed by atoms with Crippen molar-refractivity contribution >= 4 is 28.2 Å². The Morgan fingerprint density at radius 1 is 1.50 bits per heavy atom. The highest BCUT2D eigenvalue weighted by atomic mass is 35.5. The van der Waals surface area contributed by atoms with Crippen LogP contribution < -0.4 is 11.3 Å². The third-order valence-corrected chi connectivity index (χ3v) is 2.75. The number of benzene rings is 1. The first-order valence-corrected chi connectivity index (χ1v) is 5.29. The molecule has 5 heteroatoms. The Kier molecular flexibility index (Phi) is 2.94. The Labute approximate surface area is 97.4 Å². The molecular formula is C11H11ClFN3. The number of hydrazine groups is 1. The molecule has 0 fully saturated rings. The lowest BCUT2D eigenvalue weighted by molar-refractivity contribution is 0.636. The minimum atomic E-state index is -0.397. The van der Waals surface area contributed by atoms with Gasteiger partial charge in [0.1, 0.15) is 11.3 Å². The van der Waals surface area contributed by atoms with Crippen molar-refractivity contribution in [3.05, 3.63) is 34.7 Å². The summed E-state index contributed by atoms with van der Waals surface area (Å²) in [4.78, 5) is 4.21. The van der Waals surface area contributed by atoms with E-state index < -0.39 is 5.82 Å². The molecule has 3 nitrogen and oxygen atoms in total. The van der Waals surface area contributed by atoms with Crippen LogP contribution in [0.2, 0.25) is 5.02 Å². The fourth-order valence-corrected chi connectivity index (χ4v) is 1.87. The van der Waals surface area contributed by atoms with E-state index in [1.807, 2.05) is 6.92 Å². The van der Waals surface area contributed by atoms with E-state index in [9.17, 15) is 4.39 Å². The van der Waals surface area contributed by atoms with Gasteiger partial charge in [0.05, 0.1) is 10.7 Å². The molecule has 2 aromatic rings. The molecular weight excluding hydrogens is 229 g/mol. The van der Waals surface area contributed by atoms with Crippen molar-refractivity contribution < 1.29 is 4.39 Å². The van der Waals surface area contributed by atoms with Crippen LogP contribution in [0.4, 0.5) is 10.1 Å². The fourth-order valence-electron chi connectivity index (χ4n) is 1.62. The van der Waals surface area contributed by atoms with Gasteiger partial charge in [0.25, 0.3) is 0 Å². The molecule has 0 radical (unpaired) electrons. The Bertz CT molecular complexity index is 542. The summed E-state index contributed by atoms with van der Waals surface area (Å²) in [5, 5.41) is 0.945. The second-order valence-electron chi connectivity index (χ2n) is 3.41. The third kappa shape index (κ3) is 1.70. The molecule has 2 rings (SSSR count). The number of aryl methyl sites for hydroxylation is 1. The average molecular weight is 240 g/mol. The maximum atomic E-state index is 13.6. The number of rotatable bonds is 2. The first-order valence-electron chi connectivity index (χ1n) is 4.91. The number of nitrogens with zero attached hydrogens (tertiary/aromatic N) is 1. The van der Waals surface area contributed by atoms with Gasteiger partial charge >= 0.3 is 0 Å². The number of anilines is 1. The first kappa shape index (κ1) is 11.1. The summed E-state index contributed by atoms with van der Waals surface area (Å²) in [6.45, 7) is 1.94. The number of nitrogens with one attached hydrogen (secondary N) is 1. The second-order valence-corrected chi connectivity index (χ2v) is 3.82. The van der Waals surface area contributed by atoms with Gasteiger partial charge in [0.2, 0.25) is 0 Å². The van der Waals surface area contributed by atoms with Crippen molar-refractivity contribution in [2.75, 3.05) is 5.43 Å². The smallest absolute Gasteiger partial charge is 0.149 e. The quantitative estimate of drug-likeness (QED) is 0.626. The number of hydrogen-bond acceptors (Lipinski definition) is 3. The van der Waals surface area contributed by atoms with E-state index in [0.717, 1.165) is 5.69 Å². The number of hydrogen-bond donors (Lipinski definition) is 2. The van der Waals surface area contributed by atoms with Crippen LogP contribution >= 0.6 is 11.6 Å². The number of nitrogens with two attached hydrogens (primary N) is 1. The number of aromatic nitrogens is 1. The summed E-state index contributed by atoms with van der Waals surface area (Å²) in [6, 6.07) is 4.57. The second kappa shape index (κ2) is 4.23. The number of fused-ring (bicyclic) bond motifs is 1. The molecule has 1 aromatic carbocycles. The van der Waals surface area contributed by atoms with Crippen LogP contribution in [0.5, 0.6) is 0 Å². The molecule has 1 aromatic heterocycles. The van der Waals surface area contributed by atoms with Crippen molar-refractivity contribution in [3.8, 4) is 0 Å². The van der Waals surface area contributed by atoms with Gasteiger partial charge < -0.3 is 5.43 Å². The molecule has 0 saturated carbocycles. The normalized spacial score (nSPS) is 10.8. The molecule has 0 unspecified atom stereocenters. The van der Waals surface area contributed by atoms with Crippen molar-refractivity contribution in [2.45, 2.75) is 13.3 Å². The van der Waals surface area contributed by atoms with Gasteiger partial charge in [-0.15, -0.1) is 0 Å². The van der Waals surface area contributed by atoms with Crippen LogP contribution in [0.1, 0.15) is 12.6 Å². The molecule has 16 heavy (non-hydrogen) atoms. The van der Waals surface area contributed by atoms with Gasteiger partial charge in [-0.05, 0) is 24.6 Å². The van der Waals surface area contributed by atoms with Crippen LogP contribution in [0.25, 0.3) is 10.9 Å². The number of pyridine rings is 1. The van der Waals surface area contributed by atoms with E-state index in [0.29, 0.717) is 22.5 Å². The fraction of sp³-hybridized carbons (Fsp3) is 0.182. The van der Waals surface area contributed by atoms with E-state index in [2.05, 4.69) is 10.4 Å². The van der Waals surface area contributed by atoms with E-state index in [4.69, 9.17) is 17.4 Å². The van der Waals surface area contributed by atoms with Gasteiger partial charge in [0.15, 0.2) is 0 Å². The molecule has 0 aliphatic rings. The van der Waals surface area contributed by atoms with Crippen molar-refractivity contribution in [2.24, 2.45) is 5.84 Å². The Hall–Kier alpha value is -1.39. The molecule has 0 aliphatic heterocycles. The van der Waals surface area contributed by atoms with Crippen LogP contribution in [-0.4, -0.2) is 4.98 Å². The highest BCUT2D eigenvalue weighted by Gasteiger charge is 2.11. The van der Waals surface area contributed by atoms with Crippen LogP contribution in [0.3, 0.4) is 0 Å². The van der Waals surface area contributed by atoms with E-state index in [1.165, 1.54) is 12.1 Å². The zero-order valence-corrected chi connectivity index (χ0v) is 9.48. The number of halogens is 2. The summed E-state index contributed by atoms with van der Waals surface area (Å²) < 4.78 is 13.6. The van der Waals surface area contributed by atoms with E-state index in [-0.39, 0.29) is 5.52 Å². The van der Waals surface area contributed by atoms with Gasteiger partial charge in [-0.2, -0.15) is 0 Å². The van der Waals surface area contributed by atoms with Crippen molar-refractivity contribution in [3.63, 3.8) is 0 Å². The summed E-state index contributed by atoms with van der Waals surface area (Å²) in [5.74, 6) is 5.00. The standard InChI is InChI=1S/C11H11ClFN3/c1-2-6-5-9(16-14)10-7(12)3-4-8(13)11(10)15-6/h3-5H,2,14H2,1H3,(H,15,16). The lowest BCUT2D eigenvalue weighted by Crippen LogP contribution is -2.09. The average Bonchev–Trinajstić information content (AvgIpc) is 2.32. The zero-order chi connectivity index (χ0) is 11.7. The predicted octanol–water partition coefficient (Wildman–Crippen LogP) is 2.88. The van der Waals surface area contributed by atoms with E-state index in [1.54, 1.807) is 6.07 Å². The number of nitrogen functional groups attached to an aromatic ring is 1. The van der Waals surface area contributed by atoms with Gasteiger partial charge in [-0.3, -0.25) is 5.84 Å². The molecule has 0 saturated heterocycles. The maximum Gasteiger partial charge on any atom is 0.149 e. The summed E-state index contributed by atoms with van der Waals surface area (Å²) in [5.41, 5.74) is 4.13. The zero-order valence-electron chi connectivity index (χ0n) is 8.72. The topological polar surface area (TPSA) is 50.9 Å². The Morgan fingerprint density at radius 3 is 2.88 bits per heavy atom. The van der Waals surface area contributed by atoms with Crippen molar-refractivity contribution in [1.29, 1.82) is 0 Å². The molecule has 0 aliphatic carbocycles. The molecule has 84 valence electrons. The molecule has 1 heterocycles. The maximum absolute atomic E-state index is 13.6. The molecule has 0 atom stereocenters. The minimum Gasteiger partial charge on any atom is -0.323 e. The summed E-state index contributed by atoms with van der Waals surface area (Å²) >= 11 is 6.01. The van der Waals surface area contributed by atoms with Crippen LogP contribution in [-0.2, 0) is 6.42 Å². The Morgan fingerprint density at radius 2 is 2.25 bits per heavy atom. The molecule has 0 bridgehead atoms. The molecule has 3 N–H and O–H groups in total. The molecule has 0 amide bonds. The lowest BCUT2D eigenvalue weighted by atomic mass is 10.1. The third-order valence-electron chi connectivity index (χ3n) is 2.43. The minimum absolute atomic E-state index is 0.250. The van der Waals surface area contributed by atoms with Crippen LogP contribution in [0.15, 0.2) is 18.2 Å². The largest absolute Gasteiger partial charge is 0.323 e. The van der Waals surface area contributed by atoms with Crippen molar-refractivity contribution in [1.82, 2.24) is 4.98 Å². The van der Waals surface area contributed by atoms with Gasteiger partial charge in [-0.1, -0.05) is 18.5 Å². The first-order chi connectivity index (χ1) is 7.67. The SMILES string of the molecule is CCc1cc(NN)c2c(Cl)ccc(F)c2n1. The summed E-state index contributed by atoms with van der Waals surface area (Å²) in [6.07, 6.45) is 0.705. The lowest BCUT2D eigenvalue weighted by Gasteiger charge is -2.09. The molecule has 0 spiro atoms. The highest BCUT2D eigenvalue weighted by molar-refractivity contribution is 6.36. The van der Waals surface area contributed by atoms with Gasteiger partial charge in [-0.25, -0.2) is 9.37 Å². The van der Waals surface area contributed by atoms with Gasteiger partial charge in [0, 0.05) is 11.1 Å². The summed E-state index contributed by atoms with van der Waals surface area (Å²) in [7, 11) is 0. The predicted molar refractivity (Wildman–Crippen MR) is 63.9 cm³/mol. The van der Waals surface area contributed by atoms with E-state index >= 15 is 0 Å². The highest BCUT2D eigenvalue weighted by Crippen LogP contribution is 2.31.